The molecule has 0 heterocycles. The van der Waals surface area contributed by atoms with Crippen molar-refractivity contribution in [1.82, 2.24) is 4.90 Å². The summed E-state index contributed by atoms with van der Waals surface area (Å²) in [6, 6.07) is 15.8. The molecule has 0 radical (unpaired) electrons. The van der Waals surface area contributed by atoms with Gasteiger partial charge in [0.1, 0.15) is 0 Å². The first kappa shape index (κ1) is 20.9. The van der Waals surface area contributed by atoms with Crippen molar-refractivity contribution in [2.24, 2.45) is 0 Å². The maximum Gasteiger partial charge on any atom is 0.203 e. The Hall–Kier alpha value is -2.42. The second-order valence-electron chi connectivity index (χ2n) is 6.53. The van der Waals surface area contributed by atoms with Crippen molar-refractivity contribution in [3.63, 3.8) is 0 Å². The molecule has 0 saturated heterocycles. The number of likely N-dealkylation sites (N-methyl/N-ethyl adjacent to an activating group) is 1. The van der Waals surface area contributed by atoms with Crippen molar-refractivity contribution in [3.8, 4) is 17.2 Å². The lowest BCUT2D eigenvalue weighted by atomic mass is 9.87. The van der Waals surface area contributed by atoms with Crippen molar-refractivity contribution in [1.29, 1.82) is 0 Å². The van der Waals surface area contributed by atoms with Crippen LogP contribution in [0.4, 0.5) is 0 Å². The van der Waals surface area contributed by atoms with Gasteiger partial charge in [0.25, 0.3) is 0 Å². The van der Waals surface area contributed by atoms with Gasteiger partial charge in [-0.1, -0.05) is 19.1 Å². The maximum absolute atomic E-state index is 6.15. The molecule has 0 aliphatic heterocycles. The monoisotopic (exact) mass is 371 g/mol. The Labute approximate surface area is 162 Å². The average molecular weight is 371 g/mol. The van der Waals surface area contributed by atoms with Crippen molar-refractivity contribution in [2.75, 3.05) is 42.0 Å². The van der Waals surface area contributed by atoms with Crippen LogP contribution in [0.5, 0.6) is 17.2 Å². The van der Waals surface area contributed by atoms with Gasteiger partial charge in [-0.05, 0) is 62.0 Å². The van der Waals surface area contributed by atoms with Crippen molar-refractivity contribution < 1.29 is 18.9 Å². The molecule has 2 aromatic carbocycles. The molecule has 0 spiro atoms. The molecule has 0 aliphatic carbocycles. The van der Waals surface area contributed by atoms with Crippen LogP contribution >= 0.6 is 0 Å². The molecule has 0 saturated carbocycles. The number of benzene rings is 1. The standard InChI is InChI=1S/C22H29NO4/c1-7-22(23(2)3,18-11-9-8-10-12-18)16-27-15-17-13-19(24-4)21(26-6)20(14-17)25-5/h9,11-14H,7,15-16H2,1-6H3/t22-/m0/s1. The van der Waals surface area contributed by atoms with E-state index in [1.165, 1.54) is 5.56 Å². The summed E-state index contributed by atoms with van der Waals surface area (Å²) < 4.78 is 22.4. The van der Waals surface area contributed by atoms with Crippen LogP contribution in [-0.4, -0.2) is 46.9 Å². The van der Waals surface area contributed by atoms with Gasteiger partial charge in [0.05, 0.1) is 40.1 Å². The minimum absolute atomic E-state index is 0.230. The highest BCUT2D eigenvalue weighted by atomic mass is 16.5. The first-order valence-corrected chi connectivity index (χ1v) is 8.94. The molecule has 0 amide bonds. The zero-order chi connectivity index (χ0) is 19.9. The van der Waals surface area contributed by atoms with Gasteiger partial charge in [0.15, 0.2) is 11.5 Å². The Kier molecular flexibility index (Phi) is 7.35. The highest BCUT2D eigenvalue weighted by Gasteiger charge is 2.33. The molecule has 0 bridgehead atoms. The topological polar surface area (TPSA) is 40.2 Å². The predicted octanol–water partition coefficient (Wildman–Crippen LogP) is 3.70. The van der Waals surface area contributed by atoms with Gasteiger partial charge in [0.2, 0.25) is 5.75 Å². The molecule has 0 aromatic heterocycles. The lowest BCUT2D eigenvalue weighted by Crippen LogP contribution is -2.45. The van der Waals surface area contributed by atoms with Crippen LogP contribution in [0.2, 0.25) is 0 Å². The fourth-order valence-electron chi connectivity index (χ4n) is 3.29. The maximum atomic E-state index is 6.15. The molecule has 5 nitrogen and oxygen atoms in total. The number of hydrogen-bond donors (Lipinski definition) is 0. The molecule has 27 heavy (non-hydrogen) atoms. The van der Waals surface area contributed by atoms with Crippen LogP contribution in [0.25, 0.3) is 0 Å². The van der Waals surface area contributed by atoms with E-state index >= 15 is 0 Å². The van der Waals surface area contributed by atoms with E-state index in [0.29, 0.717) is 30.5 Å². The van der Waals surface area contributed by atoms with Crippen LogP contribution in [-0.2, 0) is 16.9 Å². The Bertz CT molecular complexity index is 693. The van der Waals surface area contributed by atoms with E-state index in [2.05, 4.69) is 44.1 Å². The van der Waals surface area contributed by atoms with Crippen molar-refractivity contribution >= 4 is 0 Å². The van der Waals surface area contributed by atoms with Gasteiger partial charge < -0.3 is 18.9 Å². The molecule has 5 heteroatoms. The number of ether oxygens (including phenoxy) is 4. The summed E-state index contributed by atoms with van der Waals surface area (Å²) in [5.74, 6) is 1.83. The quantitative estimate of drug-likeness (QED) is 0.637. The minimum Gasteiger partial charge on any atom is -0.493 e. The zero-order valence-electron chi connectivity index (χ0n) is 17.1. The number of rotatable bonds is 10. The van der Waals surface area contributed by atoms with E-state index in [-0.39, 0.29) is 5.54 Å². The van der Waals surface area contributed by atoms with E-state index in [1.807, 2.05) is 24.3 Å². The van der Waals surface area contributed by atoms with E-state index < -0.39 is 0 Å². The van der Waals surface area contributed by atoms with E-state index in [1.54, 1.807) is 21.3 Å². The third-order valence-electron chi connectivity index (χ3n) is 4.97. The second kappa shape index (κ2) is 9.50. The van der Waals surface area contributed by atoms with Crippen LogP contribution in [0.1, 0.15) is 24.5 Å². The van der Waals surface area contributed by atoms with Gasteiger partial charge >= 0.3 is 0 Å². The van der Waals surface area contributed by atoms with E-state index in [9.17, 15) is 0 Å². The SMILES string of the molecule is CC[C@](COCc1cc(OC)c(OC)c(OC)c1)(c1cc#ccc1)N(C)C. The zero-order valence-corrected chi connectivity index (χ0v) is 17.1. The predicted molar refractivity (Wildman–Crippen MR) is 106 cm³/mol. The highest BCUT2D eigenvalue weighted by Crippen LogP contribution is 2.38. The van der Waals surface area contributed by atoms with E-state index in [0.717, 1.165) is 12.0 Å². The molecular formula is C22H29NO4. The Morgan fingerprint density at radius 2 is 1.67 bits per heavy atom. The van der Waals surface area contributed by atoms with Crippen molar-refractivity contribution in [2.45, 2.75) is 25.5 Å². The molecule has 2 aromatic rings. The number of methoxy groups -OCH3 is 3. The van der Waals surface area contributed by atoms with Gasteiger partial charge in [-0.15, -0.1) is 0 Å². The smallest absolute Gasteiger partial charge is 0.203 e. The molecule has 0 N–H and O–H groups in total. The normalized spacial score (nSPS) is 13.0. The average Bonchev–Trinajstić information content (AvgIpc) is 2.70. The summed E-state index contributed by atoms with van der Waals surface area (Å²) >= 11 is 0. The van der Waals surface area contributed by atoms with Gasteiger partial charge in [0, 0.05) is 0 Å². The number of nitrogens with zero attached hydrogens (tertiary/aromatic N) is 1. The summed E-state index contributed by atoms with van der Waals surface area (Å²) in [4.78, 5) is 2.20. The molecule has 0 aliphatic rings. The first-order chi connectivity index (χ1) is 13.0. The lowest BCUT2D eigenvalue weighted by molar-refractivity contribution is 0.00194. The molecule has 146 valence electrons. The van der Waals surface area contributed by atoms with Crippen LogP contribution in [0.15, 0.2) is 30.3 Å². The van der Waals surface area contributed by atoms with Crippen LogP contribution < -0.4 is 14.2 Å². The van der Waals surface area contributed by atoms with Gasteiger partial charge in [-0.3, -0.25) is 4.90 Å². The third-order valence-corrected chi connectivity index (χ3v) is 4.97. The second-order valence-corrected chi connectivity index (χ2v) is 6.53. The largest absolute Gasteiger partial charge is 0.493 e. The Morgan fingerprint density at radius 1 is 1.00 bits per heavy atom. The van der Waals surface area contributed by atoms with E-state index in [4.69, 9.17) is 18.9 Å². The van der Waals surface area contributed by atoms with Gasteiger partial charge in [-0.2, -0.15) is 0 Å². The lowest BCUT2D eigenvalue weighted by Gasteiger charge is -2.39. The van der Waals surface area contributed by atoms with Crippen molar-refractivity contribution in [3.05, 3.63) is 53.6 Å². The highest BCUT2D eigenvalue weighted by molar-refractivity contribution is 5.53. The Morgan fingerprint density at radius 3 is 2.11 bits per heavy atom. The molecule has 1 atom stereocenters. The fraction of sp³-hybridized carbons (Fsp3) is 0.455. The summed E-state index contributed by atoms with van der Waals surface area (Å²) in [6.07, 6.45) is 0.910. The van der Waals surface area contributed by atoms with Gasteiger partial charge in [-0.25, -0.2) is 0 Å². The molecule has 2 rings (SSSR count). The number of hydrogen-bond acceptors (Lipinski definition) is 5. The molecule has 0 unspecified atom stereocenters. The fourth-order valence-corrected chi connectivity index (χ4v) is 3.29. The third kappa shape index (κ3) is 4.47. The summed E-state index contributed by atoms with van der Waals surface area (Å²) in [5, 5.41) is 0. The molecular weight excluding hydrogens is 342 g/mol. The summed E-state index contributed by atoms with van der Waals surface area (Å²) in [7, 11) is 8.96. The minimum atomic E-state index is -0.230. The van der Waals surface area contributed by atoms with Crippen LogP contribution in [0.3, 0.4) is 0 Å². The molecule has 0 fully saturated rings. The summed E-state index contributed by atoms with van der Waals surface area (Å²) in [5.41, 5.74) is 1.89. The summed E-state index contributed by atoms with van der Waals surface area (Å²) in [6.45, 7) is 3.15. The Balaban J connectivity index is 2.20. The van der Waals surface area contributed by atoms with Crippen LogP contribution in [0, 0.1) is 12.1 Å². The first-order valence-electron chi connectivity index (χ1n) is 8.94.